The molecule has 3 rings (SSSR count). The topological polar surface area (TPSA) is 100.0 Å². The van der Waals surface area contributed by atoms with Crippen molar-refractivity contribution in [1.29, 1.82) is 0 Å². The van der Waals surface area contributed by atoms with Gasteiger partial charge in [-0.25, -0.2) is 9.67 Å². The second-order valence-electron chi connectivity index (χ2n) is 5.41. The highest BCUT2D eigenvalue weighted by Gasteiger charge is 2.15. The molecule has 26 heavy (non-hydrogen) atoms. The lowest BCUT2D eigenvalue weighted by Crippen LogP contribution is -2.19. The van der Waals surface area contributed by atoms with Gasteiger partial charge in [0.15, 0.2) is 5.69 Å². The van der Waals surface area contributed by atoms with Gasteiger partial charge in [0.25, 0.3) is 5.56 Å². The summed E-state index contributed by atoms with van der Waals surface area (Å²) in [5, 5.41) is 26.1. The van der Waals surface area contributed by atoms with Crippen molar-refractivity contribution in [3.63, 3.8) is 0 Å². The molecule has 0 aliphatic heterocycles. The number of benzene rings is 2. The van der Waals surface area contributed by atoms with Gasteiger partial charge in [0.1, 0.15) is 11.5 Å². The van der Waals surface area contributed by atoms with Gasteiger partial charge >= 0.3 is 0 Å². The van der Waals surface area contributed by atoms with Gasteiger partial charge in [0, 0.05) is 32.0 Å². The number of nitrogens with zero attached hydrogens (tertiary/aromatic N) is 3. The lowest BCUT2D eigenvalue weighted by molar-refractivity contribution is 0.399. The number of aromatic hydroxyl groups is 2. The molecule has 0 saturated heterocycles. The number of hydrogen-bond donors (Lipinski definition) is 3. The molecular formula is C19H21N3O4. The first-order chi connectivity index (χ1) is 12.5. The van der Waals surface area contributed by atoms with Crippen LogP contribution in [0.1, 0.15) is 11.3 Å². The molecule has 0 atom stereocenters. The predicted octanol–water partition coefficient (Wildman–Crippen LogP) is 2.25. The third-order valence-electron chi connectivity index (χ3n) is 3.87. The minimum absolute atomic E-state index is 0.0352. The molecule has 1 aromatic heterocycles. The van der Waals surface area contributed by atoms with Gasteiger partial charge in [-0.2, -0.15) is 0 Å². The third-order valence-corrected chi connectivity index (χ3v) is 3.87. The smallest absolute Gasteiger partial charge is 0.297 e. The van der Waals surface area contributed by atoms with Crippen LogP contribution < -0.4 is 5.56 Å². The number of aromatic nitrogens is 2. The highest BCUT2D eigenvalue weighted by molar-refractivity contribution is 5.85. The van der Waals surface area contributed by atoms with Crippen LogP contribution in [-0.2, 0) is 7.05 Å². The molecule has 0 aliphatic rings. The number of phenolic OH excluding ortho intramolecular Hbond substituents is 2. The van der Waals surface area contributed by atoms with Crippen molar-refractivity contribution < 1.29 is 15.3 Å². The highest BCUT2D eigenvalue weighted by Crippen LogP contribution is 2.22. The third kappa shape index (κ3) is 3.68. The van der Waals surface area contributed by atoms with Gasteiger partial charge in [0.2, 0.25) is 0 Å². The Kier molecular flexibility index (Phi) is 5.98. The number of aliphatic hydroxyl groups is 1. The quantitative estimate of drug-likeness (QED) is 0.627. The molecular weight excluding hydrogens is 334 g/mol. The fourth-order valence-corrected chi connectivity index (χ4v) is 2.48. The molecule has 3 aromatic rings. The first-order valence-corrected chi connectivity index (χ1v) is 7.84. The van der Waals surface area contributed by atoms with Crippen molar-refractivity contribution in [2.24, 2.45) is 12.0 Å². The van der Waals surface area contributed by atoms with Gasteiger partial charge in [-0.3, -0.25) is 9.48 Å². The Morgan fingerprint density at radius 2 is 1.69 bits per heavy atom. The molecule has 0 bridgehead atoms. The molecule has 1 heterocycles. The minimum atomic E-state index is -0.240. The Hall–Kier alpha value is -3.32. The molecule has 0 saturated carbocycles. The van der Waals surface area contributed by atoms with Gasteiger partial charge in [0.05, 0.1) is 11.4 Å². The van der Waals surface area contributed by atoms with Crippen LogP contribution in [-0.4, -0.2) is 38.0 Å². The number of rotatable bonds is 3. The monoisotopic (exact) mass is 355 g/mol. The molecule has 136 valence electrons. The lowest BCUT2D eigenvalue weighted by atomic mass is 10.2. The van der Waals surface area contributed by atoms with E-state index in [9.17, 15) is 15.0 Å². The zero-order valence-corrected chi connectivity index (χ0v) is 14.8. The van der Waals surface area contributed by atoms with Crippen molar-refractivity contribution in [2.75, 3.05) is 7.11 Å². The fourth-order valence-electron chi connectivity index (χ4n) is 2.48. The molecule has 3 N–H and O–H groups in total. The Bertz CT molecular complexity index is 972. The van der Waals surface area contributed by atoms with Gasteiger partial charge in [-0.15, -0.1) is 0 Å². The summed E-state index contributed by atoms with van der Waals surface area (Å²) in [6.07, 6.45) is 1.41. The number of aliphatic hydroxyl groups excluding tert-OH is 1. The maximum absolute atomic E-state index is 12.7. The lowest BCUT2D eigenvalue weighted by Gasteiger charge is -2.07. The van der Waals surface area contributed by atoms with E-state index in [2.05, 4.69) is 4.99 Å². The summed E-state index contributed by atoms with van der Waals surface area (Å²) >= 11 is 0. The van der Waals surface area contributed by atoms with E-state index in [1.807, 2.05) is 37.3 Å². The second-order valence-corrected chi connectivity index (χ2v) is 5.41. The zero-order chi connectivity index (χ0) is 19.3. The second kappa shape index (κ2) is 8.17. The molecule has 0 spiro atoms. The molecule has 7 heteroatoms. The molecule has 0 amide bonds. The normalized spacial score (nSPS) is 10.6. The molecule has 0 radical (unpaired) electrons. The average Bonchev–Trinajstić information content (AvgIpc) is 2.86. The average molecular weight is 355 g/mol. The summed E-state index contributed by atoms with van der Waals surface area (Å²) in [4.78, 5) is 16.9. The molecule has 2 aromatic carbocycles. The number of hydrogen-bond acceptors (Lipinski definition) is 5. The maximum atomic E-state index is 12.7. The van der Waals surface area contributed by atoms with E-state index in [1.54, 1.807) is 16.4 Å². The van der Waals surface area contributed by atoms with Crippen molar-refractivity contribution >= 4 is 11.9 Å². The number of aliphatic imine (C=N–C) groups is 1. The van der Waals surface area contributed by atoms with Crippen molar-refractivity contribution in [1.82, 2.24) is 9.36 Å². The molecule has 0 fully saturated rings. The summed E-state index contributed by atoms with van der Waals surface area (Å²) in [5.41, 5.74) is 1.94. The van der Waals surface area contributed by atoms with Crippen LogP contribution >= 0.6 is 0 Å². The highest BCUT2D eigenvalue weighted by atomic mass is 16.3. The van der Waals surface area contributed by atoms with Crippen LogP contribution in [0.5, 0.6) is 11.5 Å². The van der Waals surface area contributed by atoms with Crippen molar-refractivity contribution in [3.05, 3.63) is 70.1 Å². The number of para-hydroxylation sites is 1. The van der Waals surface area contributed by atoms with E-state index in [0.29, 0.717) is 16.9 Å². The molecule has 0 aliphatic carbocycles. The summed E-state index contributed by atoms with van der Waals surface area (Å²) < 4.78 is 3.28. The van der Waals surface area contributed by atoms with Crippen LogP contribution in [0, 0.1) is 6.92 Å². The Balaban J connectivity index is 0.00000117. The fraction of sp³-hybridized carbons (Fsp3) is 0.158. The van der Waals surface area contributed by atoms with Crippen LogP contribution in [0.3, 0.4) is 0 Å². The first kappa shape index (κ1) is 19.0. The van der Waals surface area contributed by atoms with Crippen LogP contribution in [0.2, 0.25) is 0 Å². The summed E-state index contributed by atoms with van der Waals surface area (Å²) in [6.45, 7) is 1.81. The standard InChI is InChI=1S/C18H17N3O3.CH4O/c1-12-17(19-11-13-8-9-15(22)10-16(13)23)18(24)21(20(12)2)14-6-4-3-5-7-14;1-2/h3-11,22-23H,1-2H3;2H,1H3. The summed E-state index contributed by atoms with van der Waals surface area (Å²) in [5.74, 6) is -0.136. The predicted molar refractivity (Wildman–Crippen MR) is 101 cm³/mol. The summed E-state index contributed by atoms with van der Waals surface area (Å²) in [7, 11) is 2.79. The van der Waals surface area contributed by atoms with Gasteiger partial charge in [-0.05, 0) is 31.2 Å². The first-order valence-electron chi connectivity index (χ1n) is 7.84. The van der Waals surface area contributed by atoms with E-state index < -0.39 is 0 Å². The van der Waals surface area contributed by atoms with E-state index in [0.717, 1.165) is 12.8 Å². The van der Waals surface area contributed by atoms with Gasteiger partial charge < -0.3 is 15.3 Å². The SMILES string of the molecule is CO.Cc1c(N=Cc2ccc(O)cc2O)c(=O)n(-c2ccccc2)n1C. The zero-order valence-electron chi connectivity index (χ0n) is 14.8. The number of phenols is 2. The van der Waals surface area contributed by atoms with E-state index in [-0.39, 0.29) is 17.1 Å². The van der Waals surface area contributed by atoms with E-state index in [4.69, 9.17) is 5.11 Å². The molecule has 0 unspecified atom stereocenters. The Morgan fingerprint density at radius 1 is 1.04 bits per heavy atom. The Labute approximate surface area is 150 Å². The summed E-state index contributed by atoms with van der Waals surface area (Å²) in [6, 6.07) is 13.5. The Morgan fingerprint density at radius 3 is 2.31 bits per heavy atom. The van der Waals surface area contributed by atoms with Gasteiger partial charge in [-0.1, -0.05) is 18.2 Å². The van der Waals surface area contributed by atoms with E-state index in [1.165, 1.54) is 24.4 Å². The largest absolute Gasteiger partial charge is 0.508 e. The van der Waals surface area contributed by atoms with Crippen LogP contribution in [0.15, 0.2) is 58.3 Å². The van der Waals surface area contributed by atoms with Crippen molar-refractivity contribution in [2.45, 2.75) is 6.92 Å². The molecule has 7 nitrogen and oxygen atoms in total. The minimum Gasteiger partial charge on any atom is -0.508 e. The van der Waals surface area contributed by atoms with Crippen LogP contribution in [0.25, 0.3) is 5.69 Å². The van der Waals surface area contributed by atoms with Crippen LogP contribution in [0.4, 0.5) is 5.69 Å². The van der Waals surface area contributed by atoms with E-state index >= 15 is 0 Å². The maximum Gasteiger partial charge on any atom is 0.297 e. The van der Waals surface area contributed by atoms with Crippen molar-refractivity contribution in [3.8, 4) is 17.2 Å².